The first-order valence-electron chi connectivity index (χ1n) is 6.10. The summed E-state index contributed by atoms with van der Waals surface area (Å²) in [4.78, 5) is 11.8. The number of hydrogen-bond donors (Lipinski definition) is 2. The fourth-order valence-electron chi connectivity index (χ4n) is 1.75. The van der Waals surface area contributed by atoms with Crippen molar-refractivity contribution >= 4 is 5.91 Å². The highest BCUT2D eigenvalue weighted by molar-refractivity contribution is 5.94. The Kier molecular flexibility index (Phi) is 4.16. The lowest BCUT2D eigenvalue weighted by atomic mass is 10.1. The summed E-state index contributed by atoms with van der Waals surface area (Å²) in [6.07, 6.45) is -4.43. The van der Waals surface area contributed by atoms with Crippen LogP contribution in [0.3, 0.4) is 0 Å². The van der Waals surface area contributed by atoms with E-state index in [1.165, 1.54) is 6.07 Å². The molecule has 110 valence electrons. The molecule has 2 N–H and O–H groups in total. The molecule has 0 unspecified atom stereocenters. The Hall–Kier alpha value is -2.50. The molecule has 0 saturated heterocycles. The van der Waals surface area contributed by atoms with E-state index >= 15 is 0 Å². The van der Waals surface area contributed by atoms with Crippen LogP contribution >= 0.6 is 0 Å². The number of alkyl halides is 3. The molecular formula is C15H12F3NO2. The van der Waals surface area contributed by atoms with E-state index in [0.29, 0.717) is 5.56 Å². The van der Waals surface area contributed by atoms with Crippen LogP contribution in [-0.2, 0) is 12.7 Å². The summed E-state index contributed by atoms with van der Waals surface area (Å²) in [7, 11) is 0. The molecule has 0 fully saturated rings. The molecule has 0 atom stereocenters. The van der Waals surface area contributed by atoms with Crippen LogP contribution in [0.4, 0.5) is 13.2 Å². The van der Waals surface area contributed by atoms with Crippen molar-refractivity contribution in [3.8, 4) is 5.75 Å². The van der Waals surface area contributed by atoms with Gasteiger partial charge in [0.05, 0.1) is 5.56 Å². The zero-order valence-corrected chi connectivity index (χ0v) is 10.8. The van der Waals surface area contributed by atoms with Crippen molar-refractivity contribution in [1.29, 1.82) is 0 Å². The maximum atomic E-state index is 12.4. The third-order valence-corrected chi connectivity index (χ3v) is 2.91. The molecule has 0 bridgehead atoms. The zero-order chi connectivity index (χ0) is 15.5. The third kappa shape index (κ3) is 3.75. The fraction of sp³-hybridized carbons (Fsp3) is 0.133. The summed E-state index contributed by atoms with van der Waals surface area (Å²) >= 11 is 0. The smallest absolute Gasteiger partial charge is 0.416 e. The SMILES string of the molecule is O=C(NCc1ccccc1O)c1ccc(C(F)(F)F)cc1. The Morgan fingerprint density at radius 1 is 1.05 bits per heavy atom. The highest BCUT2D eigenvalue weighted by Gasteiger charge is 2.30. The van der Waals surface area contributed by atoms with Crippen molar-refractivity contribution in [2.45, 2.75) is 12.7 Å². The standard InChI is InChI=1S/C15H12F3NO2/c16-15(17,18)12-7-5-10(6-8-12)14(21)19-9-11-3-1-2-4-13(11)20/h1-8,20H,9H2,(H,19,21). The van der Waals surface area contributed by atoms with Gasteiger partial charge in [0.2, 0.25) is 0 Å². The molecule has 2 aromatic rings. The topological polar surface area (TPSA) is 49.3 Å². The van der Waals surface area contributed by atoms with Crippen LogP contribution in [0.25, 0.3) is 0 Å². The number of rotatable bonds is 3. The third-order valence-electron chi connectivity index (χ3n) is 2.91. The summed E-state index contributed by atoms with van der Waals surface area (Å²) in [5.41, 5.74) is -0.157. The molecule has 3 nitrogen and oxygen atoms in total. The van der Waals surface area contributed by atoms with Gasteiger partial charge >= 0.3 is 6.18 Å². The first-order valence-corrected chi connectivity index (χ1v) is 6.10. The molecule has 0 aromatic heterocycles. The number of phenolic OH excluding ortho intramolecular Hbond substituents is 1. The van der Waals surface area contributed by atoms with Crippen LogP contribution in [0.1, 0.15) is 21.5 Å². The molecule has 0 spiro atoms. The van der Waals surface area contributed by atoms with E-state index < -0.39 is 17.6 Å². The number of carbonyl (C=O) groups is 1. The van der Waals surface area contributed by atoms with Gasteiger partial charge in [0.25, 0.3) is 5.91 Å². The van der Waals surface area contributed by atoms with Gasteiger partial charge in [-0.15, -0.1) is 0 Å². The minimum Gasteiger partial charge on any atom is -0.508 e. The molecule has 0 aliphatic carbocycles. The van der Waals surface area contributed by atoms with Crippen LogP contribution in [0.15, 0.2) is 48.5 Å². The molecular weight excluding hydrogens is 283 g/mol. The van der Waals surface area contributed by atoms with Gasteiger partial charge in [0, 0.05) is 17.7 Å². The first kappa shape index (κ1) is 14.9. The van der Waals surface area contributed by atoms with E-state index in [1.54, 1.807) is 18.2 Å². The number of benzene rings is 2. The number of halogens is 3. The van der Waals surface area contributed by atoms with Crippen molar-refractivity contribution in [3.05, 3.63) is 65.2 Å². The molecule has 0 saturated carbocycles. The maximum Gasteiger partial charge on any atom is 0.416 e. The Morgan fingerprint density at radius 3 is 2.24 bits per heavy atom. The minimum atomic E-state index is -4.43. The van der Waals surface area contributed by atoms with Crippen LogP contribution in [0.5, 0.6) is 5.75 Å². The predicted octanol–water partition coefficient (Wildman–Crippen LogP) is 3.34. The van der Waals surface area contributed by atoms with Gasteiger partial charge < -0.3 is 10.4 Å². The maximum absolute atomic E-state index is 12.4. The highest BCUT2D eigenvalue weighted by Crippen LogP contribution is 2.29. The normalized spacial score (nSPS) is 11.2. The second kappa shape index (κ2) is 5.87. The second-order valence-electron chi connectivity index (χ2n) is 4.39. The van der Waals surface area contributed by atoms with Gasteiger partial charge in [-0.3, -0.25) is 4.79 Å². The van der Waals surface area contributed by atoms with Gasteiger partial charge in [0.1, 0.15) is 5.75 Å². The summed E-state index contributed by atoms with van der Waals surface area (Å²) in [5.74, 6) is -0.461. The lowest BCUT2D eigenvalue weighted by Crippen LogP contribution is -2.22. The van der Waals surface area contributed by atoms with Gasteiger partial charge in [-0.05, 0) is 30.3 Å². The quantitative estimate of drug-likeness (QED) is 0.912. The Bertz CT molecular complexity index is 636. The highest BCUT2D eigenvalue weighted by atomic mass is 19.4. The van der Waals surface area contributed by atoms with E-state index in [0.717, 1.165) is 24.3 Å². The lowest BCUT2D eigenvalue weighted by molar-refractivity contribution is -0.137. The van der Waals surface area contributed by atoms with Crippen LogP contribution in [0.2, 0.25) is 0 Å². The largest absolute Gasteiger partial charge is 0.508 e. The van der Waals surface area contributed by atoms with Crippen LogP contribution < -0.4 is 5.32 Å². The predicted molar refractivity (Wildman–Crippen MR) is 70.7 cm³/mol. The number of para-hydroxylation sites is 1. The molecule has 0 aliphatic heterocycles. The van der Waals surface area contributed by atoms with E-state index in [4.69, 9.17) is 0 Å². The molecule has 6 heteroatoms. The molecule has 1 amide bonds. The summed E-state index contributed by atoms with van der Waals surface area (Å²) < 4.78 is 37.2. The Labute approximate surface area is 119 Å². The van der Waals surface area contributed by atoms with Gasteiger partial charge in [-0.1, -0.05) is 18.2 Å². The van der Waals surface area contributed by atoms with Crippen LogP contribution in [-0.4, -0.2) is 11.0 Å². The van der Waals surface area contributed by atoms with E-state index in [-0.39, 0.29) is 17.9 Å². The summed E-state index contributed by atoms with van der Waals surface area (Å²) in [6, 6.07) is 10.4. The lowest BCUT2D eigenvalue weighted by Gasteiger charge is -2.09. The van der Waals surface area contributed by atoms with E-state index in [9.17, 15) is 23.1 Å². The van der Waals surface area contributed by atoms with Crippen molar-refractivity contribution in [3.63, 3.8) is 0 Å². The number of amides is 1. The minimum absolute atomic E-state index is 0.0465. The molecule has 0 radical (unpaired) electrons. The Morgan fingerprint density at radius 2 is 1.67 bits per heavy atom. The van der Waals surface area contributed by atoms with E-state index in [2.05, 4.69) is 5.32 Å². The van der Waals surface area contributed by atoms with Crippen molar-refractivity contribution in [2.24, 2.45) is 0 Å². The Balaban J connectivity index is 2.03. The summed E-state index contributed by atoms with van der Waals surface area (Å²) in [5, 5.41) is 12.1. The monoisotopic (exact) mass is 295 g/mol. The first-order chi connectivity index (χ1) is 9.88. The van der Waals surface area contributed by atoms with Crippen molar-refractivity contribution in [2.75, 3.05) is 0 Å². The molecule has 21 heavy (non-hydrogen) atoms. The van der Waals surface area contributed by atoms with Crippen LogP contribution in [0, 0.1) is 0 Å². The average Bonchev–Trinajstić information content (AvgIpc) is 2.45. The molecule has 2 rings (SSSR count). The van der Waals surface area contributed by atoms with Gasteiger partial charge in [0.15, 0.2) is 0 Å². The second-order valence-corrected chi connectivity index (χ2v) is 4.39. The van der Waals surface area contributed by atoms with Crippen molar-refractivity contribution < 1.29 is 23.1 Å². The molecule has 2 aromatic carbocycles. The summed E-state index contributed by atoms with van der Waals surface area (Å²) in [6.45, 7) is 0.0898. The van der Waals surface area contributed by atoms with Gasteiger partial charge in [-0.25, -0.2) is 0 Å². The number of phenols is 1. The van der Waals surface area contributed by atoms with Crippen molar-refractivity contribution in [1.82, 2.24) is 5.32 Å². The number of hydrogen-bond acceptors (Lipinski definition) is 2. The molecule has 0 aliphatic rings. The average molecular weight is 295 g/mol. The number of aromatic hydroxyl groups is 1. The number of carbonyl (C=O) groups excluding carboxylic acids is 1. The number of nitrogens with one attached hydrogen (secondary N) is 1. The molecule has 0 heterocycles. The van der Waals surface area contributed by atoms with Gasteiger partial charge in [-0.2, -0.15) is 13.2 Å². The zero-order valence-electron chi connectivity index (χ0n) is 10.8. The fourth-order valence-corrected chi connectivity index (χ4v) is 1.75. The van der Waals surface area contributed by atoms with E-state index in [1.807, 2.05) is 0 Å².